The van der Waals surface area contributed by atoms with Crippen molar-refractivity contribution in [1.82, 2.24) is 0 Å². The van der Waals surface area contributed by atoms with Crippen molar-refractivity contribution in [3.8, 4) is 0 Å². The molecule has 0 unspecified atom stereocenters. The molecule has 1 aliphatic carbocycles. The molecule has 0 aromatic heterocycles. The quantitative estimate of drug-likeness (QED) is 0.742. The van der Waals surface area contributed by atoms with E-state index in [4.69, 9.17) is 4.74 Å². The second-order valence-electron chi connectivity index (χ2n) is 5.62. The van der Waals surface area contributed by atoms with Crippen molar-refractivity contribution in [1.29, 1.82) is 0 Å². The van der Waals surface area contributed by atoms with Gasteiger partial charge in [-0.15, -0.1) is 0 Å². The summed E-state index contributed by atoms with van der Waals surface area (Å²) in [6, 6.07) is 7.97. The summed E-state index contributed by atoms with van der Waals surface area (Å²) in [4.78, 5) is 11.4. The second-order valence-corrected chi connectivity index (χ2v) is 5.62. The standard InChI is InChI=1S/C17H24O2/c1-3-4-13-5-7-14(8-6-13)15-9-11-16(12-10-15)17(18)19-2/h9-14H,3-8H2,1-2H3/t13-,14-. The highest BCUT2D eigenvalue weighted by Crippen LogP contribution is 2.37. The average molecular weight is 260 g/mol. The van der Waals surface area contributed by atoms with Crippen molar-refractivity contribution < 1.29 is 9.53 Å². The Morgan fingerprint density at radius 1 is 1.16 bits per heavy atom. The number of esters is 1. The van der Waals surface area contributed by atoms with Gasteiger partial charge in [0.25, 0.3) is 0 Å². The highest BCUT2D eigenvalue weighted by molar-refractivity contribution is 5.89. The van der Waals surface area contributed by atoms with Crippen LogP contribution in [0.25, 0.3) is 0 Å². The molecule has 2 heteroatoms. The van der Waals surface area contributed by atoms with Gasteiger partial charge in [-0.1, -0.05) is 31.9 Å². The fourth-order valence-electron chi connectivity index (χ4n) is 3.20. The Hall–Kier alpha value is -1.31. The molecule has 104 valence electrons. The van der Waals surface area contributed by atoms with Crippen LogP contribution in [-0.4, -0.2) is 13.1 Å². The summed E-state index contributed by atoms with van der Waals surface area (Å²) < 4.78 is 4.72. The molecule has 0 radical (unpaired) electrons. The molecule has 0 aliphatic heterocycles. The van der Waals surface area contributed by atoms with Crippen LogP contribution in [-0.2, 0) is 4.74 Å². The molecule has 0 N–H and O–H groups in total. The van der Waals surface area contributed by atoms with Gasteiger partial charge in [-0.25, -0.2) is 4.79 Å². The fraction of sp³-hybridized carbons (Fsp3) is 0.588. The number of ether oxygens (including phenoxy) is 1. The molecule has 2 rings (SSSR count). The SMILES string of the molecule is CCC[C@H]1CC[C@H](c2ccc(C(=O)OC)cc2)CC1. The summed E-state index contributed by atoms with van der Waals surface area (Å²) >= 11 is 0. The van der Waals surface area contributed by atoms with Crippen molar-refractivity contribution in [3.05, 3.63) is 35.4 Å². The molecule has 19 heavy (non-hydrogen) atoms. The van der Waals surface area contributed by atoms with Crippen LogP contribution in [0, 0.1) is 5.92 Å². The third-order valence-corrected chi connectivity index (χ3v) is 4.35. The molecule has 1 fully saturated rings. The number of carbonyl (C=O) groups is 1. The number of hydrogen-bond acceptors (Lipinski definition) is 2. The zero-order chi connectivity index (χ0) is 13.7. The first-order valence-corrected chi connectivity index (χ1v) is 7.42. The van der Waals surface area contributed by atoms with Crippen LogP contribution in [0.5, 0.6) is 0 Å². The first kappa shape index (κ1) is 14.1. The number of benzene rings is 1. The van der Waals surface area contributed by atoms with Crippen LogP contribution < -0.4 is 0 Å². The maximum atomic E-state index is 11.4. The Balaban J connectivity index is 1.94. The van der Waals surface area contributed by atoms with Crippen LogP contribution in [0.2, 0.25) is 0 Å². The molecule has 0 heterocycles. The lowest BCUT2D eigenvalue weighted by Gasteiger charge is -2.28. The lowest BCUT2D eigenvalue weighted by molar-refractivity contribution is 0.0600. The van der Waals surface area contributed by atoms with E-state index in [9.17, 15) is 4.79 Å². The van der Waals surface area contributed by atoms with Crippen LogP contribution in [0.1, 0.15) is 67.3 Å². The first-order chi connectivity index (χ1) is 9.24. The summed E-state index contributed by atoms with van der Waals surface area (Å²) in [5, 5.41) is 0. The monoisotopic (exact) mass is 260 g/mol. The minimum absolute atomic E-state index is 0.252. The zero-order valence-corrected chi connectivity index (χ0v) is 12.0. The molecule has 1 aromatic rings. The smallest absolute Gasteiger partial charge is 0.337 e. The molecule has 1 aromatic carbocycles. The average Bonchev–Trinajstić information content (AvgIpc) is 2.48. The van der Waals surface area contributed by atoms with Crippen LogP contribution in [0.15, 0.2) is 24.3 Å². The summed E-state index contributed by atoms with van der Waals surface area (Å²) in [7, 11) is 1.42. The Bertz CT molecular complexity index is 400. The third kappa shape index (κ3) is 3.59. The first-order valence-electron chi connectivity index (χ1n) is 7.42. The van der Waals surface area contributed by atoms with Gasteiger partial charge < -0.3 is 4.74 Å². The molecule has 0 saturated heterocycles. The van der Waals surface area contributed by atoms with Crippen LogP contribution >= 0.6 is 0 Å². The van der Waals surface area contributed by atoms with E-state index in [1.54, 1.807) is 0 Å². The van der Waals surface area contributed by atoms with Crippen molar-refractivity contribution in [2.24, 2.45) is 5.92 Å². The second kappa shape index (κ2) is 6.74. The maximum Gasteiger partial charge on any atom is 0.337 e. The van der Waals surface area contributed by atoms with E-state index in [-0.39, 0.29) is 5.97 Å². The largest absolute Gasteiger partial charge is 0.465 e. The van der Waals surface area contributed by atoms with E-state index in [0.717, 1.165) is 5.92 Å². The summed E-state index contributed by atoms with van der Waals surface area (Å²) in [5.74, 6) is 1.37. The molecule has 1 saturated carbocycles. The molecular formula is C17H24O2. The lowest BCUT2D eigenvalue weighted by Crippen LogP contribution is -2.13. The Kier molecular flexibility index (Phi) is 5.00. The van der Waals surface area contributed by atoms with Crippen molar-refractivity contribution in [3.63, 3.8) is 0 Å². The van der Waals surface area contributed by atoms with Crippen LogP contribution in [0.4, 0.5) is 0 Å². The van der Waals surface area contributed by atoms with Gasteiger partial charge in [0.2, 0.25) is 0 Å². The van der Waals surface area contributed by atoms with E-state index in [2.05, 4.69) is 19.1 Å². The van der Waals surface area contributed by atoms with E-state index in [1.807, 2.05) is 12.1 Å². The number of rotatable bonds is 4. The number of methoxy groups -OCH3 is 1. The molecule has 0 bridgehead atoms. The van der Waals surface area contributed by atoms with Gasteiger partial charge in [0.05, 0.1) is 12.7 Å². The van der Waals surface area contributed by atoms with Gasteiger partial charge in [-0.05, 0) is 55.2 Å². The van der Waals surface area contributed by atoms with Crippen molar-refractivity contribution in [2.75, 3.05) is 7.11 Å². The van der Waals surface area contributed by atoms with Gasteiger partial charge in [-0.3, -0.25) is 0 Å². The minimum atomic E-state index is -0.252. The molecule has 2 nitrogen and oxygen atoms in total. The summed E-state index contributed by atoms with van der Waals surface area (Å²) in [6.45, 7) is 2.28. The van der Waals surface area contributed by atoms with E-state index >= 15 is 0 Å². The van der Waals surface area contributed by atoms with Crippen molar-refractivity contribution in [2.45, 2.75) is 51.4 Å². The molecule has 0 spiro atoms. The Morgan fingerprint density at radius 3 is 2.32 bits per heavy atom. The predicted octanol–water partition coefficient (Wildman–Crippen LogP) is 4.55. The van der Waals surface area contributed by atoms with Crippen LogP contribution in [0.3, 0.4) is 0 Å². The van der Waals surface area contributed by atoms with Gasteiger partial charge >= 0.3 is 5.97 Å². The maximum absolute atomic E-state index is 11.4. The van der Waals surface area contributed by atoms with Gasteiger partial charge in [-0.2, -0.15) is 0 Å². The summed E-state index contributed by atoms with van der Waals surface area (Å²) in [5.41, 5.74) is 2.02. The molecule has 0 atom stereocenters. The number of carbonyl (C=O) groups excluding carboxylic acids is 1. The lowest BCUT2D eigenvalue weighted by atomic mass is 9.77. The Morgan fingerprint density at radius 2 is 1.79 bits per heavy atom. The summed E-state index contributed by atoms with van der Waals surface area (Å²) in [6.07, 6.45) is 8.00. The Labute approximate surface area is 116 Å². The van der Waals surface area contributed by atoms with Crippen molar-refractivity contribution >= 4 is 5.97 Å². The van der Waals surface area contributed by atoms with Gasteiger partial charge in [0, 0.05) is 0 Å². The number of hydrogen-bond donors (Lipinski definition) is 0. The fourth-order valence-corrected chi connectivity index (χ4v) is 3.20. The molecule has 0 amide bonds. The normalized spacial score (nSPS) is 23.1. The molecule has 1 aliphatic rings. The zero-order valence-electron chi connectivity index (χ0n) is 12.0. The third-order valence-electron chi connectivity index (χ3n) is 4.35. The van der Waals surface area contributed by atoms with Gasteiger partial charge in [0.1, 0.15) is 0 Å². The highest BCUT2D eigenvalue weighted by Gasteiger charge is 2.21. The van der Waals surface area contributed by atoms with E-state index in [0.29, 0.717) is 11.5 Å². The predicted molar refractivity (Wildman–Crippen MR) is 77.4 cm³/mol. The van der Waals surface area contributed by atoms with E-state index in [1.165, 1.54) is 51.2 Å². The minimum Gasteiger partial charge on any atom is -0.465 e. The topological polar surface area (TPSA) is 26.3 Å². The van der Waals surface area contributed by atoms with Gasteiger partial charge in [0.15, 0.2) is 0 Å². The molecular weight excluding hydrogens is 236 g/mol. The highest BCUT2D eigenvalue weighted by atomic mass is 16.5. The van der Waals surface area contributed by atoms with E-state index < -0.39 is 0 Å².